The number of nitro benzene ring substituents is 1. The van der Waals surface area contributed by atoms with Crippen LogP contribution in [0.15, 0.2) is 59.5 Å². The largest absolute Gasteiger partial charge is 0.381 e. The van der Waals surface area contributed by atoms with Crippen LogP contribution in [-0.4, -0.2) is 21.2 Å². The van der Waals surface area contributed by atoms with Crippen LogP contribution in [0.2, 0.25) is 5.02 Å². The number of hydrogen-bond acceptors (Lipinski definition) is 5. The number of benzene rings is 2. The fraction of sp³-hybridized carbons (Fsp3) is 0.200. The molecule has 0 spiro atoms. The van der Waals surface area contributed by atoms with Crippen molar-refractivity contribution in [3.8, 4) is 5.69 Å². The van der Waals surface area contributed by atoms with Gasteiger partial charge in [0.1, 0.15) is 10.8 Å². The highest BCUT2D eigenvalue weighted by atomic mass is 35.5. The second-order valence-corrected chi connectivity index (χ2v) is 7.35. The molecule has 3 aromatic rings. The standard InChI is InChI=1S/C20H16ClFN4O3/c21-18-17(23-12-20(9-10-20)15-3-1-2-4-16(15)22)11-24-25(19(18)27)13-5-7-14(8-6-13)26(28)29/h1-8,11,23H,9-10,12H2. The zero-order valence-electron chi connectivity index (χ0n) is 15.1. The van der Waals surface area contributed by atoms with Crippen molar-refractivity contribution in [2.75, 3.05) is 11.9 Å². The summed E-state index contributed by atoms with van der Waals surface area (Å²) in [4.78, 5) is 22.8. The molecule has 1 fully saturated rings. The summed E-state index contributed by atoms with van der Waals surface area (Å²) in [6.45, 7) is 0.427. The molecule has 0 bridgehead atoms. The second kappa shape index (κ2) is 7.29. The number of nitrogens with zero attached hydrogens (tertiary/aromatic N) is 3. The summed E-state index contributed by atoms with van der Waals surface area (Å²) < 4.78 is 15.2. The predicted octanol–water partition coefficient (Wildman–Crippen LogP) is 4.08. The Kier molecular flexibility index (Phi) is 4.79. The lowest BCUT2D eigenvalue weighted by Crippen LogP contribution is -2.25. The van der Waals surface area contributed by atoms with E-state index in [0.717, 1.165) is 17.5 Å². The fourth-order valence-corrected chi connectivity index (χ4v) is 3.50. The van der Waals surface area contributed by atoms with Crippen molar-refractivity contribution in [2.24, 2.45) is 0 Å². The minimum atomic E-state index is -0.554. The van der Waals surface area contributed by atoms with E-state index in [2.05, 4.69) is 10.4 Å². The Balaban J connectivity index is 1.56. The first-order valence-corrected chi connectivity index (χ1v) is 9.31. The van der Waals surface area contributed by atoms with E-state index in [4.69, 9.17) is 11.6 Å². The zero-order valence-corrected chi connectivity index (χ0v) is 15.9. The van der Waals surface area contributed by atoms with Crippen LogP contribution in [0.5, 0.6) is 0 Å². The van der Waals surface area contributed by atoms with Crippen molar-refractivity contribution in [1.82, 2.24) is 9.78 Å². The average Bonchev–Trinajstić information content (AvgIpc) is 3.50. The van der Waals surface area contributed by atoms with Gasteiger partial charge >= 0.3 is 0 Å². The highest BCUT2D eigenvalue weighted by Crippen LogP contribution is 2.49. The summed E-state index contributed by atoms with van der Waals surface area (Å²) in [5, 5.41) is 17.9. The van der Waals surface area contributed by atoms with Crippen LogP contribution in [-0.2, 0) is 5.41 Å². The highest BCUT2D eigenvalue weighted by Gasteiger charge is 2.45. The van der Waals surface area contributed by atoms with Crippen LogP contribution in [0.3, 0.4) is 0 Å². The average molecular weight is 415 g/mol. The Morgan fingerprint density at radius 3 is 2.52 bits per heavy atom. The smallest absolute Gasteiger partial charge is 0.292 e. The molecule has 0 atom stereocenters. The maximum Gasteiger partial charge on any atom is 0.292 e. The molecule has 148 valence electrons. The van der Waals surface area contributed by atoms with E-state index in [1.807, 2.05) is 0 Å². The van der Waals surface area contributed by atoms with Crippen molar-refractivity contribution in [2.45, 2.75) is 18.3 Å². The molecule has 0 radical (unpaired) electrons. The molecule has 2 aromatic carbocycles. The van der Waals surface area contributed by atoms with Gasteiger partial charge in [0.2, 0.25) is 0 Å². The Morgan fingerprint density at radius 1 is 1.21 bits per heavy atom. The monoisotopic (exact) mass is 414 g/mol. The highest BCUT2D eigenvalue weighted by molar-refractivity contribution is 6.32. The van der Waals surface area contributed by atoms with Gasteiger partial charge in [-0.05, 0) is 36.6 Å². The number of hydrogen-bond donors (Lipinski definition) is 1. The third-order valence-electron chi connectivity index (χ3n) is 5.14. The number of halogens is 2. The van der Waals surface area contributed by atoms with Crippen molar-refractivity contribution in [3.63, 3.8) is 0 Å². The third kappa shape index (κ3) is 3.58. The molecule has 1 aromatic heterocycles. The Bertz CT molecular complexity index is 1140. The van der Waals surface area contributed by atoms with Gasteiger partial charge in [0.15, 0.2) is 0 Å². The van der Waals surface area contributed by atoms with E-state index in [1.165, 1.54) is 36.5 Å². The molecular weight excluding hydrogens is 399 g/mol. The lowest BCUT2D eigenvalue weighted by atomic mass is 9.95. The maximum atomic E-state index is 14.2. The lowest BCUT2D eigenvalue weighted by molar-refractivity contribution is -0.384. The van der Waals surface area contributed by atoms with Crippen LogP contribution in [0.1, 0.15) is 18.4 Å². The molecule has 1 aliphatic rings. The number of anilines is 1. The second-order valence-electron chi connectivity index (χ2n) is 6.98. The summed E-state index contributed by atoms with van der Waals surface area (Å²) in [6, 6.07) is 12.1. The molecular formula is C20H16ClFN4O3. The Labute approximate surface area is 169 Å². The maximum absolute atomic E-state index is 14.2. The number of non-ortho nitro benzene ring substituents is 1. The summed E-state index contributed by atoms with van der Waals surface area (Å²) in [6.07, 6.45) is 3.10. The molecule has 0 amide bonds. The Hall–Kier alpha value is -3.26. The quantitative estimate of drug-likeness (QED) is 0.485. The number of nitro groups is 1. The molecule has 29 heavy (non-hydrogen) atoms. The summed E-state index contributed by atoms with van der Waals surface area (Å²) in [5.74, 6) is -0.246. The van der Waals surface area contributed by atoms with Gasteiger partial charge in [0, 0.05) is 24.1 Å². The summed E-state index contributed by atoms with van der Waals surface area (Å²) in [5.41, 5.74) is 0.407. The van der Waals surface area contributed by atoms with E-state index in [1.54, 1.807) is 18.2 Å². The summed E-state index contributed by atoms with van der Waals surface area (Å²) in [7, 11) is 0. The van der Waals surface area contributed by atoms with Crippen molar-refractivity contribution in [3.05, 3.63) is 91.6 Å². The lowest BCUT2D eigenvalue weighted by Gasteiger charge is -2.18. The van der Waals surface area contributed by atoms with Gasteiger partial charge < -0.3 is 5.32 Å². The van der Waals surface area contributed by atoms with Gasteiger partial charge in [-0.25, -0.2) is 4.39 Å². The molecule has 9 heteroatoms. The molecule has 0 aliphatic heterocycles. The minimum Gasteiger partial charge on any atom is -0.381 e. The predicted molar refractivity (Wildman–Crippen MR) is 107 cm³/mol. The molecule has 1 heterocycles. The molecule has 1 saturated carbocycles. The van der Waals surface area contributed by atoms with Crippen LogP contribution in [0.25, 0.3) is 5.69 Å². The van der Waals surface area contributed by atoms with E-state index in [-0.39, 0.29) is 21.9 Å². The van der Waals surface area contributed by atoms with E-state index >= 15 is 0 Å². The number of nitrogens with one attached hydrogen (secondary N) is 1. The van der Waals surface area contributed by atoms with Crippen molar-refractivity contribution >= 4 is 23.0 Å². The molecule has 1 aliphatic carbocycles. The van der Waals surface area contributed by atoms with E-state index in [0.29, 0.717) is 23.5 Å². The molecule has 7 nitrogen and oxygen atoms in total. The van der Waals surface area contributed by atoms with Crippen molar-refractivity contribution < 1.29 is 9.31 Å². The van der Waals surface area contributed by atoms with Crippen molar-refractivity contribution in [1.29, 1.82) is 0 Å². The minimum absolute atomic E-state index is 0.0531. The first kappa shape index (κ1) is 19.1. The van der Waals surface area contributed by atoms with E-state index < -0.39 is 10.5 Å². The number of aromatic nitrogens is 2. The zero-order chi connectivity index (χ0) is 20.6. The van der Waals surface area contributed by atoms with Gasteiger partial charge in [0.05, 0.1) is 22.5 Å². The normalized spacial score (nSPS) is 14.4. The van der Waals surface area contributed by atoms with Crippen LogP contribution in [0.4, 0.5) is 15.8 Å². The molecule has 0 saturated heterocycles. The topological polar surface area (TPSA) is 90.1 Å². The van der Waals surface area contributed by atoms with Gasteiger partial charge in [-0.15, -0.1) is 0 Å². The van der Waals surface area contributed by atoms with Crippen LogP contribution < -0.4 is 10.9 Å². The summed E-state index contributed by atoms with van der Waals surface area (Å²) >= 11 is 6.24. The van der Waals surface area contributed by atoms with Gasteiger partial charge in [-0.2, -0.15) is 9.78 Å². The molecule has 4 rings (SSSR count). The molecule has 0 unspecified atom stereocenters. The Morgan fingerprint density at radius 2 is 1.90 bits per heavy atom. The third-order valence-corrected chi connectivity index (χ3v) is 5.51. The van der Waals surface area contributed by atoms with E-state index in [9.17, 15) is 19.3 Å². The SMILES string of the molecule is O=c1c(Cl)c(NCC2(c3ccccc3F)CC2)cnn1-c1ccc([N+](=O)[O-])cc1. The first-order valence-electron chi connectivity index (χ1n) is 8.93. The van der Waals surface area contributed by atoms with Crippen LogP contribution in [0, 0.1) is 15.9 Å². The fourth-order valence-electron chi connectivity index (χ4n) is 3.30. The molecule has 1 N–H and O–H groups in total. The van der Waals surface area contributed by atoms with Crippen LogP contribution >= 0.6 is 11.6 Å². The van der Waals surface area contributed by atoms with Gasteiger partial charge in [-0.3, -0.25) is 14.9 Å². The number of rotatable bonds is 6. The first-order chi connectivity index (χ1) is 13.9. The van der Waals surface area contributed by atoms with Gasteiger partial charge in [0.25, 0.3) is 11.2 Å². The van der Waals surface area contributed by atoms with Gasteiger partial charge in [-0.1, -0.05) is 29.8 Å².